The Balaban J connectivity index is 1.41. The first-order valence-corrected chi connectivity index (χ1v) is 9.52. The predicted octanol–water partition coefficient (Wildman–Crippen LogP) is 3.01. The summed E-state index contributed by atoms with van der Waals surface area (Å²) in [6.07, 6.45) is 3.26. The van der Waals surface area contributed by atoms with Crippen LogP contribution in [-0.4, -0.2) is 50.3 Å². The van der Waals surface area contributed by atoms with Crippen molar-refractivity contribution in [2.45, 2.75) is 6.10 Å². The summed E-state index contributed by atoms with van der Waals surface area (Å²) in [7, 11) is 0. The summed E-state index contributed by atoms with van der Waals surface area (Å²) in [6, 6.07) is 19.5. The van der Waals surface area contributed by atoms with Crippen molar-refractivity contribution in [2.75, 3.05) is 19.7 Å². The molecular formula is C22H19N5O2. The van der Waals surface area contributed by atoms with Gasteiger partial charge in [-0.05, 0) is 23.8 Å². The number of hydrogen-bond acceptors (Lipinski definition) is 5. The van der Waals surface area contributed by atoms with Crippen molar-refractivity contribution in [1.29, 1.82) is 0 Å². The molecule has 0 spiro atoms. The van der Waals surface area contributed by atoms with Crippen molar-refractivity contribution in [3.05, 3.63) is 84.4 Å². The van der Waals surface area contributed by atoms with Crippen molar-refractivity contribution in [1.82, 2.24) is 24.7 Å². The van der Waals surface area contributed by atoms with Gasteiger partial charge in [-0.3, -0.25) is 9.78 Å². The van der Waals surface area contributed by atoms with Gasteiger partial charge in [0.2, 0.25) is 0 Å². The number of nitrogens with zero attached hydrogens (tertiary/aromatic N) is 5. The molecule has 1 aliphatic rings. The number of carbonyl (C=O) groups excluding carboxylic acids is 1. The number of rotatable bonds is 3. The predicted molar refractivity (Wildman–Crippen MR) is 107 cm³/mol. The Morgan fingerprint density at radius 2 is 1.86 bits per heavy atom. The molecule has 29 heavy (non-hydrogen) atoms. The smallest absolute Gasteiger partial charge is 0.272 e. The van der Waals surface area contributed by atoms with Gasteiger partial charge in [0.1, 0.15) is 17.5 Å². The van der Waals surface area contributed by atoms with E-state index in [4.69, 9.17) is 4.74 Å². The largest absolute Gasteiger partial charge is 0.368 e. The van der Waals surface area contributed by atoms with Gasteiger partial charge in [0.25, 0.3) is 5.91 Å². The van der Waals surface area contributed by atoms with Crippen molar-refractivity contribution in [3.8, 4) is 11.1 Å². The summed E-state index contributed by atoms with van der Waals surface area (Å²) in [5.41, 5.74) is 4.23. The maximum atomic E-state index is 12.7. The fourth-order valence-electron chi connectivity index (χ4n) is 3.59. The summed E-state index contributed by atoms with van der Waals surface area (Å²) >= 11 is 0. The highest BCUT2D eigenvalue weighted by Crippen LogP contribution is 2.27. The van der Waals surface area contributed by atoms with E-state index in [-0.39, 0.29) is 12.0 Å². The summed E-state index contributed by atoms with van der Waals surface area (Å²) in [5.74, 6) is -0.0956. The van der Waals surface area contributed by atoms with E-state index in [0.717, 1.165) is 22.3 Å². The Morgan fingerprint density at radius 3 is 2.69 bits per heavy atom. The first-order chi connectivity index (χ1) is 14.3. The number of aromatic nitrogens is 4. The topological polar surface area (TPSA) is 72.6 Å². The zero-order valence-electron chi connectivity index (χ0n) is 15.7. The highest BCUT2D eigenvalue weighted by atomic mass is 16.5. The summed E-state index contributed by atoms with van der Waals surface area (Å²) in [5, 5.41) is 8.63. The molecule has 1 aliphatic heterocycles. The lowest BCUT2D eigenvalue weighted by Crippen LogP contribution is -2.42. The third kappa shape index (κ3) is 3.36. The minimum Gasteiger partial charge on any atom is -0.368 e. The molecule has 0 radical (unpaired) electrons. The molecular weight excluding hydrogens is 366 g/mol. The van der Waals surface area contributed by atoms with Gasteiger partial charge in [0.05, 0.1) is 18.7 Å². The van der Waals surface area contributed by atoms with E-state index in [1.807, 2.05) is 36.5 Å². The van der Waals surface area contributed by atoms with Crippen LogP contribution in [0.3, 0.4) is 0 Å². The Morgan fingerprint density at radius 1 is 1.00 bits per heavy atom. The normalized spacial score (nSPS) is 16.8. The summed E-state index contributed by atoms with van der Waals surface area (Å²) < 4.78 is 7.70. The van der Waals surface area contributed by atoms with E-state index >= 15 is 0 Å². The second-order valence-corrected chi connectivity index (χ2v) is 6.91. The minimum atomic E-state index is -0.323. The number of morpholine rings is 1. The van der Waals surface area contributed by atoms with Gasteiger partial charge >= 0.3 is 0 Å². The van der Waals surface area contributed by atoms with Gasteiger partial charge in [-0.1, -0.05) is 47.7 Å². The number of carbonyl (C=O) groups is 1. The minimum absolute atomic E-state index is 0.0956. The first kappa shape index (κ1) is 17.5. The molecule has 1 fully saturated rings. The average Bonchev–Trinajstić information content (AvgIpc) is 3.23. The maximum Gasteiger partial charge on any atom is 0.272 e. The van der Waals surface area contributed by atoms with E-state index in [0.29, 0.717) is 25.4 Å². The van der Waals surface area contributed by atoms with Crippen molar-refractivity contribution in [3.63, 3.8) is 0 Å². The van der Waals surface area contributed by atoms with Crippen molar-refractivity contribution < 1.29 is 9.53 Å². The van der Waals surface area contributed by atoms with Gasteiger partial charge < -0.3 is 9.64 Å². The molecule has 7 nitrogen and oxygen atoms in total. The van der Waals surface area contributed by atoms with Crippen molar-refractivity contribution >= 4 is 11.4 Å². The summed E-state index contributed by atoms with van der Waals surface area (Å²) in [6.45, 7) is 1.40. The number of ether oxygens (including phenoxy) is 1. The van der Waals surface area contributed by atoms with E-state index in [9.17, 15) is 4.79 Å². The van der Waals surface area contributed by atoms with Crippen molar-refractivity contribution in [2.24, 2.45) is 0 Å². The highest BCUT2D eigenvalue weighted by molar-refractivity contribution is 5.92. The molecule has 1 saturated heterocycles. The molecule has 1 amide bonds. The molecule has 0 unspecified atom stereocenters. The third-order valence-electron chi connectivity index (χ3n) is 5.09. The fraction of sp³-hybridized carbons (Fsp3) is 0.182. The Bertz CT molecular complexity index is 1140. The molecule has 4 aromatic rings. The molecule has 4 heterocycles. The zero-order chi connectivity index (χ0) is 19.6. The summed E-state index contributed by atoms with van der Waals surface area (Å²) in [4.78, 5) is 18.7. The van der Waals surface area contributed by atoms with Crippen LogP contribution >= 0.6 is 0 Å². The lowest BCUT2D eigenvalue weighted by atomic mass is 10.1. The fourth-order valence-corrected chi connectivity index (χ4v) is 3.59. The molecule has 144 valence electrons. The van der Waals surface area contributed by atoms with E-state index in [1.165, 1.54) is 0 Å². The van der Waals surface area contributed by atoms with Crippen LogP contribution in [0.25, 0.3) is 16.6 Å². The highest BCUT2D eigenvalue weighted by Gasteiger charge is 2.29. The van der Waals surface area contributed by atoms with Crippen LogP contribution in [0.1, 0.15) is 22.3 Å². The number of pyridine rings is 2. The van der Waals surface area contributed by atoms with Crippen LogP contribution < -0.4 is 0 Å². The lowest BCUT2D eigenvalue weighted by molar-refractivity contribution is -0.0243. The first-order valence-electron chi connectivity index (χ1n) is 9.52. The molecule has 0 saturated carbocycles. The van der Waals surface area contributed by atoms with E-state index < -0.39 is 0 Å². The van der Waals surface area contributed by atoms with E-state index in [2.05, 4.69) is 33.5 Å². The number of benzene rings is 1. The van der Waals surface area contributed by atoms with Crippen LogP contribution in [0.4, 0.5) is 0 Å². The van der Waals surface area contributed by atoms with Crippen LogP contribution in [0.5, 0.6) is 0 Å². The number of fused-ring (bicyclic) bond motifs is 1. The molecule has 1 atom stereocenters. The molecule has 3 aromatic heterocycles. The number of hydrogen-bond donors (Lipinski definition) is 0. The van der Waals surface area contributed by atoms with Gasteiger partial charge in [0.15, 0.2) is 0 Å². The Labute approximate surface area is 167 Å². The standard InChI is InChI=1S/C22H19N5O2/c28-22(18-8-4-5-11-23-18)26-12-13-29-20(15-26)21-19-10-9-17(14-27(19)25-24-21)16-6-2-1-3-7-16/h1-11,14,20H,12-13,15H2/t20-/m1/s1. The molecule has 0 aliphatic carbocycles. The van der Waals surface area contributed by atoms with Crippen LogP contribution in [0.2, 0.25) is 0 Å². The Hall–Kier alpha value is -3.58. The van der Waals surface area contributed by atoms with Gasteiger partial charge in [-0.25, -0.2) is 4.52 Å². The van der Waals surface area contributed by atoms with Crippen LogP contribution in [-0.2, 0) is 4.74 Å². The van der Waals surface area contributed by atoms with Gasteiger partial charge in [-0.2, -0.15) is 0 Å². The SMILES string of the molecule is O=C(c1ccccn1)N1CCO[C@@H](c2nnn3cc(-c4ccccc4)ccc23)C1. The quantitative estimate of drug-likeness (QED) is 0.542. The van der Waals surface area contributed by atoms with Gasteiger partial charge in [0, 0.05) is 24.5 Å². The Kier molecular flexibility index (Phi) is 4.50. The zero-order valence-corrected chi connectivity index (χ0v) is 15.7. The van der Waals surface area contributed by atoms with Gasteiger partial charge in [-0.15, -0.1) is 5.10 Å². The molecule has 0 bridgehead atoms. The lowest BCUT2D eigenvalue weighted by Gasteiger charge is -2.31. The maximum absolute atomic E-state index is 12.7. The average molecular weight is 385 g/mol. The van der Waals surface area contributed by atoms with Crippen LogP contribution in [0, 0.1) is 0 Å². The second kappa shape index (κ2) is 7.44. The second-order valence-electron chi connectivity index (χ2n) is 6.91. The molecule has 1 aromatic carbocycles. The molecule has 7 heteroatoms. The molecule has 0 N–H and O–H groups in total. The monoisotopic (exact) mass is 385 g/mol. The molecule has 5 rings (SSSR count). The van der Waals surface area contributed by atoms with Crippen LogP contribution in [0.15, 0.2) is 73.1 Å². The third-order valence-corrected chi connectivity index (χ3v) is 5.09. The number of amides is 1. The van der Waals surface area contributed by atoms with E-state index in [1.54, 1.807) is 27.7 Å².